The molecule has 0 spiro atoms. The van der Waals surface area contributed by atoms with E-state index in [1.807, 2.05) is 28.8 Å². The van der Waals surface area contributed by atoms with Gasteiger partial charge in [-0.1, -0.05) is 22.0 Å². The summed E-state index contributed by atoms with van der Waals surface area (Å²) in [5.74, 6) is 0.715. The first-order valence-corrected chi connectivity index (χ1v) is 4.72. The first-order chi connectivity index (χ1) is 5.81. The van der Waals surface area contributed by atoms with Crippen LogP contribution in [0.25, 0.3) is 5.65 Å². The van der Waals surface area contributed by atoms with Crippen molar-refractivity contribution in [2.24, 2.45) is 0 Å². The summed E-state index contributed by atoms with van der Waals surface area (Å²) in [6.45, 7) is 0. The van der Waals surface area contributed by atoms with Gasteiger partial charge in [0.1, 0.15) is 11.5 Å². The third kappa shape index (κ3) is 1.08. The number of halogens is 1. The second kappa shape index (κ2) is 2.79. The van der Waals surface area contributed by atoms with Gasteiger partial charge < -0.3 is 5.73 Å². The summed E-state index contributed by atoms with van der Waals surface area (Å²) in [4.78, 5) is 4.33. The van der Waals surface area contributed by atoms with E-state index in [9.17, 15) is 0 Å². The third-order valence-electron chi connectivity index (χ3n) is 1.71. The average Bonchev–Trinajstić information content (AvgIpc) is 2.49. The van der Waals surface area contributed by atoms with E-state index < -0.39 is 0 Å². The van der Waals surface area contributed by atoms with Gasteiger partial charge >= 0.3 is 0 Å². The van der Waals surface area contributed by atoms with E-state index in [4.69, 9.17) is 5.73 Å². The molecule has 0 fully saturated rings. The summed E-state index contributed by atoms with van der Waals surface area (Å²) in [5, 5.41) is 0.758. The van der Waals surface area contributed by atoms with Gasteiger partial charge in [-0.3, -0.25) is 4.40 Å². The molecule has 2 heterocycles. The number of hydrogen-bond donors (Lipinski definition) is 1. The Morgan fingerprint density at radius 1 is 1.50 bits per heavy atom. The number of aromatic nitrogens is 2. The molecule has 0 aromatic carbocycles. The first kappa shape index (κ1) is 7.61. The number of pyridine rings is 1. The molecule has 0 atom stereocenters. The van der Waals surface area contributed by atoms with Crippen LogP contribution in [0.4, 0.5) is 5.82 Å². The minimum atomic E-state index is 0.715. The zero-order chi connectivity index (χ0) is 8.55. The Kier molecular flexibility index (Phi) is 1.77. The summed E-state index contributed by atoms with van der Waals surface area (Å²) >= 11 is 3.34. The lowest BCUT2D eigenvalue weighted by Crippen LogP contribution is -1.93. The smallest absolute Gasteiger partial charge is 0.138 e. The van der Waals surface area contributed by atoms with Gasteiger partial charge in [-0.25, -0.2) is 4.98 Å². The SMILES string of the molecule is Nc1cccc2nc(CBr)cn12. The fourth-order valence-electron chi connectivity index (χ4n) is 1.15. The van der Waals surface area contributed by atoms with Gasteiger partial charge in [0.05, 0.1) is 5.69 Å². The Bertz CT molecular complexity index is 408. The second-order valence-electron chi connectivity index (χ2n) is 2.54. The monoisotopic (exact) mass is 225 g/mol. The number of hydrogen-bond acceptors (Lipinski definition) is 2. The van der Waals surface area contributed by atoms with Crippen molar-refractivity contribution in [1.82, 2.24) is 9.38 Å². The molecule has 0 saturated heterocycles. The normalized spacial score (nSPS) is 10.8. The van der Waals surface area contributed by atoms with Crippen LogP contribution in [0, 0.1) is 0 Å². The van der Waals surface area contributed by atoms with Crippen LogP contribution in [0.15, 0.2) is 24.4 Å². The van der Waals surface area contributed by atoms with Crippen molar-refractivity contribution in [3.8, 4) is 0 Å². The summed E-state index contributed by atoms with van der Waals surface area (Å²) in [7, 11) is 0. The molecular formula is C8H8BrN3. The Balaban J connectivity index is 2.74. The molecule has 2 rings (SSSR count). The van der Waals surface area contributed by atoms with Gasteiger partial charge in [0, 0.05) is 11.5 Å². The van der Waals surface area contributed by atoms with Crippen molar-refractivity contribution in [3.63, 3.8) is 0 Å². The fraction of sp³-hybridized carbons (Fsp3) is 0.125. The molecule has 0 amide bonds. The van der Waals surface area contributed by atoms with E-state index in [-0.39, 0.29) is 0 Å². The lowest BCUT2D eigenvalue weighted by molar-refractivity contribution is 1.20. The van der Waals surface area contributed by atoms with Crippen LogP contribution in [-0.4, -0.2) is 9.38 Å². The van der Waals surface area contributed by atoms with Gasteiger partial charge in [-0.15, -0.1) is 0 Å². The molecule has 0 bridgehead atoms. The van der Waals surface area contributed by atoms with Gasteiger partial charge in [-0.05, 0) is 12.1 Å². The van der Waals surface area contributed by atoms with Gasteiger partial charge in [0.15, 0.2) is 0 Å². The minimum Gasteiger partial charge on any atom is -0.385 e. The van der Waals surface area contributed by atoms with E-state index in [2.05, 4.69) is 20.9 Å². The lowest BCUT2D eigenvalue weighted by Gasteiger charge is -1.95. The summed E-state index contributed by atoms with van der Waals surface area (Å²) in [6.07, 6.45) is 1.93. The zero-order valence-corrected chi connectivity index (χ0v) is 7.95. The van der Waals surface area contributed by atoms with Crippen LogP contribution >= 0.6 is 15.9 Å². The van der Waals surface area contributed by atoms with Crippen molar-refractivity contribution < 1.29 is 0 Å². The lowest BCUT2D eigenvalue weighted by atomic mass is 10.4. The molecule has 2 N–H and O–H groups in total. The van der Waals surface area contributed by atoms with E-state index in [0.29, 0.717) is 5.82 Å². The summed E-state index contributed by atoms with van der Waals surface area (Å²) in [6, 6.07) is 5.69. The minimum absolute atomic E-state index is 0.715. The molecule has 0 unspecified atom stereocenters. The van der Waals surface area contributed by atoms with Gasteiger partial charge in [0.2, 0.25) is 0 Å². The van der Waals surface area contributed by atoms with Crippen LogP contribution in [0.5, 0.6) is 0 Å². The van der Waals surface area contributed by atoms with Crippen LogP contribution < -0.4 is 5.73 Å². The van der Waals surface area contributed by atoms with E-state index >= 15 is 0 Å². The van der Waals surface area contributed by atoms with Crippen LogP contribution in [-0.2, 0) is 5.33 Å². The third-order valence-corrected chi connectivity index (χ3v) is 2.28. The predicted molar refractivity (Wildman–Crippen MR) is 52.2 cm³/mol. The number of imidazole rings is 1. The van der Waals surface area contributed by atoms with Gasteiger partial charge in [0.25, 0.3) is 0 Å². The number of nitrogen functional groups attached to an aromatic ring is 1. The molecular weight excluding hydrogens is 218 g/mol. The topological polar surface area (TPSA) is 43.3 Å². The molecule has 0 aliphatic rings. The number of anilines is 1. The largest absolute Gasteiger partial charge is 0.385 e. The van der Waals surface area contributed by atoms with Gasteiger partial charge in [-0.2, -0.15) is 0 Å². The highest BCUT2D eigenvalue weighted by atomic mass is 79.9. The Labute approximate surface area is 78.3 Å². The van der Waals surface area contributed by atoms with Crippen LogP contribution in [0.2, 0.25) is 0 Å². The quantitative estimate of drug-likeness (QED) is 0.753. The Morgan fingerprint density at radius 3 is 3.00 bits per heavy atom. The number of fused-ring (bicyclic) bond motifs is 1. The fourth-order valence-corrected chi connectivity index (χ4v) is 1.42. The van der Waals surface area contributed by atoms with Crippen molar-refractivity contribution in [2.45, 2.75) is 5.33 Å². The van der Waals surface area contributed by atoms with E-state index in [1.54, 1.807) is 0 Å². The maximum absolute atomic E-state index is 5.73. The highest BCUT2D eigenvalue weighted by molar-refractivity contribution is 9.08. The molecule has 0 radical (unpaired) electrons. The van der Waals surface area contributed by atoms with Crippen molar-refractivity contribution in [3.05, 3.63) is 30.1 Å². The average molecular weight is 226 g/mol. The second-order valence-corrected chi connectivity index (χ2v) is 3.11. The molecule has 62 valence electrons. The summed E-state index contributed by atoms with van der Waals surface area (Å²) in [5.41, 5.74) is 7.62. The summed E-state index contributed by atoms with van der Waals surface area (Å²) < 4.78 is 1.87. The van der Waals surface area contributed by atoms with Crippen LogP contribution in [0.3, 0.4) is 0 Å². The number of rotatable bonds is 1. The maximum Gasteiger partial charge on any atom is 0.138 e. The zero-order valence-electron chi connectivity index (χ0n) is 6.37. The Hall–Kier alpha value is -1.03. The maximum atomic E-state index is 5.73. The van der Waals surface area contributed by atoms with E-state index in [1.165, 1.54) is 0 Å². The standard InChI is InChI=1S/C8H8BrN3/c9-4-6-5-12-7(10)2-1-3-8(12)11-6/h1-3,5H,4,10H2. The highest BCUT2D eigenvalue weighted by Gasteiger charge is 2.00. The first-order valence-electron chi connectivity index (χ1n) is 3.59. The molecule has 0 saturated carbocycles. The molecule has 4 heteroatoms. The molecule has 3 nitrogen and oxygen atoms in total. The van der Waals surface area contributed by atoms with Crippen molar-refractivity contribution in [1.29, 1.82) is 0 Å². The molecule has 0 aliphatic heterocycles. The Morgan fingerprint density at radius 2 is 2.33 bits per heavy atom. The highest BCUT2D eigenvalue weighted by Crippen LogP contribution is 2.11. The number of nitrogens with two attached hydrogens (primary N) is 1. The van der Waals surface area contributed by atoms with Crippen molar-refractivity contribution >= 4 is 27.4 Å². The van der Waals surface area contributed by atoms with Crippen LogP contribution in [0.1, 0.15) is 5.69 Å². The number of nitrogens with zero attached hydrogens (tertiary/aromatic N) is 2. The number of alkyl halides is 1. The molecule has 12 heavy (non-hydrogen) atoms. The van der Waals surface area contributed by atoms with E-state index in [0.717, 1.165) is 16.7 Å². The van der Waals surface area contributed by atoms with Crippen molar-refractivity contribution in [2.75, 3.05) is 5.73 Å². The molecule has 2 aromatic rings. The molecule has 0 aliphatic carbocycles. The predicted octanol–water partition coefficient (Wildman–Crippen LogP) is 1.81. The molecule has 2 aromatic heterocycles.